The second-order valence-corrected chi connectivity index (χ2v) is 4.59. The number of ether oxygens (including phenoxy) is 1. The van der Waals surface area contributed by atoms with Gasteiger partial charge in [0.1, 0.15) is 5.15 Å². The third-order valence-electron chi connectivity index (χ3n) is 2.78. The highest BCUT2D eigenvalue weighted by atomic mass is 35.5. The predicted octanol–water partition coefficient (Wildman–Crippen LogP) is 2.96. The zero-order valence-electron chi connectivity index (χ0n) is 10.4. The molecule has 2 heterocycles. The van der Waals surface area contributed by atoms with Crippen LogP contribution in [0.2, 0.25) is 5.15 Å². The van der Waals surface area contributed by atoms with Gasteiger partial charge in [-0.2, -0.15) is 0 Å². The van der Waals surface area contributed by atoms with Crippen molar-refractivity contribution in [2.24, 2.45) is 5.92 Å². The van der Waals surface area contributed by atoms with Gasteiger partial charge in [-0.05, 0) is 31.0 Å². The monoisotopic (exact) mass is 266 g/mol. The van der Waals surface area contributed by atoms with Crippen molar-refractivity contribution < 1.29 is 9.53 Å². The molecule has 0 amide bonds. The first-order valence-electron chi connectivity index (χ1n) is 5.91. The molecule has 4 nitrogen and oxygen atoms in total. The highest BCUT2D eigenvalue weighted by Gasteiger charge is 2.17. The number of aromatic amines is 1. The summed E-state index contributed by atoms with van der Waals surface area (Å²) in [5, 5.41) is 0.451. The SMILES string of the molecule is CCOC(=O)C(C)Cc1c[nH]c2ccc(Cl)nc12. The zero-order chi connectivity index (χ0) is 13.1. The van der Waals surface area contributed by atoms with Crippen LogP contribution in [0.3, 0.4) is 0 Å². The minimum absolute atomic E-state index is 0.186. The molecule has 2 rings (SSSR count). The summed E-state index contributed by atoms with van der Waals surface area (Å²) in [6.45, 7) is 4.06. The topological polar surface area (TPSA) is 55.0 Å². The Labute approximate surface area is 110 Å². The van der Waals surface area contributed by atoms with Crippen LogP contribution < -0.4 is 0 Å². The summed E-state index contributed by atoms with van der Waals surface area (Å²) in [7, 11) is 0. The molecule has 1 unspecified atom stereocenters. The number of aromatic nitrogens is 2. The van der Waals surface area contributed by atoms with Crippen LogP contribution in [0.25, 0.3) is 11.0 Å². The molecule has 2 aromatic heterocycles. The molecule has 5 heteroatoms. The van der Waals surface area contributed by atoms with Gasteiger partial charge in [0.25, 0.3) is 0 Å². The van der Waals surface area contributed by atoms with E-state index >= 15 is 0 Å². The predicted molar refractivity (Wildman–Crippen MR) is 70.6 cm³/mol. The third-order valence-corrected chi connectivity index (χ3v) is 2.99. The van der Waals surface area contributed by atoms with E-state index < -0.39 is 0 Å². The van der Waals surface area contributed by atoms with Gasteiger partial charge in [0, 0.05) is 6.20 Å². The number of hydrogen-bond donors (Lipinski definition) is 1. The van der Waals surface area contributed by atoms with Crippen molar-refractivity contribution in [2.45, 2.75) is 20.3 Å². The molecule has 18 heavy (non-hydrogen) atoms. The van der Waals surface area contributed by atoms with Crippen molar-refractivity contribution in [2.75, 3.05) is 6.61 Å². The van der Waals surface area contributed by atoms with E-state index in [-0.39, 0.29) is 11.9 Å². The number of carbonyl (C=O) groups excluding carboxylic acids is 1. The maximum absolute atomic E-state index is 11.6. The molecule has 1 atom stereocenters. The number of nitrogens with one attached hydrogen (secondary N) is 1. The zero-order valence-corrected chi connectivity index (χ0v) is 11.1. The van der Waals surface area contributed by atoms with Gasteiger partial charge < -0.3 is 9.72 Å². The Balaban J connectivity index is 2.21. The average molecular weight is 267 g/mol. The fourth-order valence-corrected chi connectivity index (χ4v) is 2.03. The summed E-state index contributed by atoms with van der Waals surface area (Å²) in [5.41, 5.74) is 2.72. The molecule has 0 aromatic carbocycles. The van der Waals surface area contributed by atoms with Crippen molar-refractivity contribution in [3.05, 3.63) is 29.0 Å². The summed E-state index contributed by atoms with van der Waals surface area (Å²) in [5.74, 6) is -0.376. The van der Waals surface area contributed by atoms with Gasteiger partial charge in [-0.15, -0.1) is 0 Å². The van der Waals surface area contributed by atoms with Crippen LogP contribution in [0.4, 0.5) is 0 Å². The number of fused-ring (bicyclic) bond motifs is 1. The number of esters is 1. The van der Waals surface area contributed by atoms with E-state index in [2.05, 4.69) is 9.97 Å². The molecule has 96 valence electrons. The lowest BCUT2D eigenvalue weighted by Gasteiger charge is -2.09. The quantitative estimate of drug-likeness (QED) is 0.684. The molecule has 0 aliphatic carbocycles. The van der Waals surface area contributed by atoms with Gasteiger partial charge in [-0.1, -0.05) is 18.5 Å². The molecule has 1 N–H and O–H groups in total. The summed E-state index contributed by atoms with van der Waals surface area (Å²) in [6.07, 6.45) is 2.45. The van der Waals surface area contributed by atoms with Crippen molar-refractivity contribution in [1.29, 1.82) is 0 Å². The molecule has 0 saturated carbocycles. The van der Waals surface area contributed by atoms with Gasteiger partial charge in [-0.3, -0.25) is 4.79 Å². The van der Waals surface area contributed by atoms with Crippen LogP contribution >= 0.6 is 11.6 Å². The van der Waals surface area contributed by atoms with Crippen molar-refractivity contribution in [3.8, 4) is 0 Å². The molecular weight excluding hydrogens is 252 g/mol. The Hall–Kier alpha value is -1.55. The Kier molecular flexibility index (Phi) is 3.87. The summed E-state index contributed by atoms with van der Waals surface area (Å²) < 4.78 is 4.99. The molecule has 0 saturated heterocycles. The molecule has 0 bridgehead atoms. The van der Waals surface area contributed by atoms with E-state index in [1.165, 1.54) is 0 Å². The molecule has 0 radical (unpaired) electrons. The van der Waals surface area contributed by atoms with E-state index in [1.54, 1.807) is 13.0 Å². The van der Waals surface area contributed by atoms with Crippen molar-refractivity contribution in [3.63, 3.8) is 0 Å². The van der Waals surface area contributed by atoms with Crippen LogP contribution in [0, 0.1) is 5.92 Å². The lowest BCUT2D eigenvalue weighted by atomic mass is 10.0. The van der Waals surface area contributed by atoms with E-state index in [4.69, 9.17) is 16.3 Å². The normalized spacial score (nSPS) is 12.6. The number of halogens is 1. The molecule has 0 aliphatic heterocycles. The van der Waals surface area contributed by atoms with Gasteiger partial charge in [-0.25, -0.2) is 4.98 Å². The van der Waals surface area contributed by atoms with E-state index in [0.29, 0.717) is 18.2 Å². The minimum atomic E-state index is -0.190. The number of nitrogens with zero attached hydrogens (tertiary/aromatic N) is 1. The Morgan fingerprint density at radius 1 is 1.56 bits per heavy atom. The largest absolute Gasteiger partial charge is 0.466 e. The first-order chi connectivity index (χ1) is 8.61. The fraction of sp³-hybridized carbons (Fsp3) is 0.385. The van der Waals surface area contributed by atoms with E-state index in [1.807, 2.05) is 19.2 Å². The van der Waals surface area contributed by atoms with Gasteiger partial charge in [0.2, 0.25) is 0 Å². The Bertz CT molecular complexity index is 565. The van der Waals surface area contributed by atoms with E-state index in [9.17, 15) is 4.79 Å². The molecule has 0 spiro atoms. The third kappa shape index (κ3) is 2.64. The number of hydrogen-bond acceptors (Lipinski definition) is 3. The summed E-state index contributed by atoms with van der Waals surface area (Å²) in [6, 6.07) is 3.61. The second kappa shape index (κ2) is 5.40. The number of pyridine rings is 1. The number of rotatable bonds is 4. The number of H-pyrrole nitrogens is 1. The molecule has 0 aliphatic rings. The van der Waals surface area contributed by atoms with Gasteiger partial charge in [0.05, 0.1) is 23.6 Å². The van der Waals surface area contributed by atoms with E-state index in [0.717, 1.165) is 16.6 Å². The second-order valence-electron chi connectivity index (χ2n) is 4.20. The van der Waals surface area contributed by atoms with Gasteiger partial charge >= 0.3 is 5.97 Å². The van der Waals surface area contributed by atoms with Crippen LogP contribution in [0.1, 0.15) is 19.4 Å². The van der Waals surface area contributed by atoms with Crippen LogP contribution in [-0.4, -0.2) is 22.5 Å². The lowest BCUT2D eigenvalue weighted by Crippen LogP contribution is -2.16. The molecular formula is C13H15ClN2O2. The van der Waals surface area contributed by atoms with Crippen LogP contribution in [-0.2, 0) is 16.0 Å². The van der Waals surface area contributed by atoms with Crippen molar-refractivity contribution in [1.82, 2.24) is 9.97 Å². The Morgan fingerprint density at radius 3 is 3.06 bits per heavy atom. The first-order valence-corrected chi connectivity index (χ1v) is 6.28. The standard InChI is InChI=1S/C13H15ClN2O2/c1-3-18-13(17)8(2)6-9-7-15-10-4-5-11(14)16-12(9)10/h4-5,7-8,15H,3,6H2,1-2H3. The highest BCUT2D eigenvalue weighted by molar-refractivity contribution is 6.29. The van der Waals surface area contributed by atoms with Crippen LogP contribution in [0.5, 0.6) is 0 Å². The molecule has 0 fully saturated rings. The van der Waals surface area contributed by atoms with Crippen LogP contribution in [0.15, 0.2) is 18.3 Å². The fourth-order valence-electron chi connectivity index (χ4n) is 1.88. The number of carbonyl (C=O) groups is 1. The smallest absolute Gasteiger partial charge is 0.308 e. The average Bonchev–Trinajstić information content (AvgIpc) is 2.72. The maximum Gasteiger partial charge on any atom is 0.308 e. The maximum atomic E-state index is 11.6. The molecule has 2 aromatic rings. The van der Waals surface area contributed by atoms with Gasteiger partial charge in [0.15, 0.2) is 0 Å². The van der Waals surface area contributed by atoms with Crippen molar-refractivity contribution >= 4 is 28.6 Å². The summed E-state index contributed by atoms with van der Waals surface area (Å²) in [4.78, 5) is 19.0. The Morgan fingerprint density at radius 2 is 2.33 bits per heavy atom. The summed E-state index contributed by atoms with van der Waals surface area (Å²) >= 11 is 5.88. The first kappa shape index (κ1) is 12.9. The minimum Gasteiger partial charge on any atom is -0.466 e. The lowest BCUT2D eigenvalue weighted by molar-refractivity contribution is -0.147. The highest BCUT2D eigenvalue weighted by Crippen LogP contribution is 2.21.